The van der Waals surface area contributed by atoms with Crippen molar-refractivity contribution in [3.05, 3.63) is 39.9 Å². The van der Waals surface area contributed by atoms with Crippen molar-refractivity contribution in [2.24, 2.45) is 0 Å². The first-order valence-corrected chi connectivity index (χ1v) is 6.90. The van der Waals surface area contributed by atoms with Gasteiger partial charge in [-0.15, -0.1) is 0 Å². The third-order valence-corrected chi connectivity index (χ3v) is 3.39. The number of rotatable bonds is 4. The highest BCUT2D eigenvalue weighted by atomic mass is 79.9. The van der Waals surface area contributed by atoms with E-state index in [4.69, 9.17) is 4.42 Å². The Hall–Kier alpha value is -1.69. The molecule has 0 N–H and O–H groups in total. The van der Waals surface area contributed by atoms with E-state index in [9.17, 15) is 9.18 Å². The van der Waals surface area contributed by atoms with Crippen LogP contribution in [-0.2, 0) is 11.2 Å². The van der Waals surface area contributed by atoms with Gasteiger partial charge in [0.1, 0.15) is 5.82 Å². The van der Waals surface area contributed by atoms with Gasteiger partial charge in [0, 0.05) is 4.47 Å². The van der Waals surface area contributed by atoms with E-state index in [1.807, 2.05) is 6.92 Å². The Bertz CT molecular complexity index is 619. The molecule has 4 nitrogen and oxygen atoms in total. The van der Waals surface area contributed by atoms with Gasteiger partial charge in [0.05, 0.1) is 18.4 Å². The molecule has 2 rings (SSSR count). The van der Waals surface area contributed by atoms with Crippen molar-refractivity contribution >= 4 is 21.9 Å². The van der Waals surface area contributed by atoms with Gasteiger partial charge in [0.25, 0.3) is 0 Å². The summed E-state index contributed by atoms with van der Waals surface area (Å²) >= 11 is 3.25. The number of methoxy groups -OCH3 is 1. The largest absolute Gasteiger partial charge is 0.463 e. The Balaban J connectivity index is 2.56. The summed E-state index contributed by atoms with van der Waals surface area (Å²) in [5, 5.41) is 0. The standard InChI is InChI=1S/C14H13BrFNO3/c1-3-5-10-12(14(18)19-2)20-13(17-10)11-8(15)6-4-7-9(11)16/h4,6-7H,3,5H2,1-2H3. The molecule has 0 atom stereocenters. The number of aromatic nitrogens is 1. The molecule has 0 aliphatic carbocycles. The van der Waals surface area contributed by atoms with Crippen molar-refractivity contribution in [1.82, 2.24) is 4.98 Å². The lowest BCUT2D eigenvalue weighted by molar-refractivity contribution is 0.0564. The monoisotopic (exact) mass is 341 g/mol. The molecule has 1 heterocycles. The van der Waals surface area contributed by atoms with E-state index < -0.39 is 11.8 Å². The van der Waals surface area contributed by atoms with Crippen LogP contribution in [0.3, 0.4) is 0 Å². The molecule has 0 aliphatic heterocycles. The van der Waals surface area contributed by atoms with E-state index in [-0.39, 0.29) is 17.2 Å². The third kappa shape index (κ3) is 2.75. The first kappa shape index (κ1) is 14.7. The summed E-state index contributed by atoms with van der Waals surface area (Å²) in [5.74, 6) is -0.988. The van der Waals surface area contributed by atoms with Crippen LogP contribution in [0.5, 0.6) is 0 Å². The second-order valence-corrected chi connectivity index (χ2v) is 4.99. The number of carbonyl (C=O) groups excluding carboxylic acids is 1. The molecule has 1 aromatic carbocycles. The van der Waals surface area contributed by atoms with Crippen molar-refractivity contribution < 1.29 is 18.3 Å². The van der Waals surface area contributed by atoms with Gasteiger partial charge in [-0.25, -0.2) is 14.2 Å². The molecular weight excluding hydrogens is 329 g/mol. The predicted octanol–water partition coefficient (Wildman–Crippen LogP) is 3.98. The fourth-order valence-electron chi connectivity index (χ4n) is 1.82. The molecule has 0 spiro atoms. The van der Waals surface area contributed by atoms with Crippen LogP contribution in [-0.4, -0.2) is 18.1 Å². The number of hydrogen-bond donors (Lipinski definition) is 0. The summed E-state index contributed by atoms with van der Waals surface area (Å²) in [7, 11) is 1.26. The number of benzene rings is 1. The molecule has 106 valence electrons. The minimum absolute atomic E-state index is 0.0273. The minimum Gasteiger partial charge on any atom is -0.463 e. The fraction of sp³-hybridized carbons (Fsp3) is 0.286. The van der Waals surface area contributed by atoms with Gasteiger partial charge in [-0.3, -0.25) is 0 Å². The Labute approximate surface area is 124 Å². The highest BCUT2D eigenvalue weighted by Crippen LogP contribution is 2.32. The number of nitrogens with zero attached hydrogens (tertiary/aromatic N) is 1. The minimum atomic E-state index is -0.611. The van der Waals surface area contributed by atoms with Gasteiger partial charge in [-0.1, -0.05) is 19.4 Å². The highest BCUT2D eigenvalue weighted by Gasteiger charge is 2.23. The molecule has 0 bridgehead atoms. The maximum absolute atomic E-state index is 13.9. The topological polar surface area (TPSA) is 52.3 Å². The first-order valence-electron chi connectivity index (χ1n) is 6.10. The number of esters is 1. The Morgan fingerprint density at radius 1 is 1.50 bits per heavy atom. The number of oxazole rings is 1. The lowest BCUT2D eigenvalue weighted by Crippen LogP contribution is -2.03. The van der Waals surface area contributed by atoms with Crippen LogP contribution in [0.25, 0.3) is 11.5 Å². The summed E-state index contributed by atoms with van der Waals surface area (Å²) in [5.41, 5.74) is 0.671. The number of halogens is 2. The molecule has 6 heteroatoms. The van der Waals surface area contributed by atoms with E-state index in [1.54, 1.807) is 12.1 Å². The van der Waals surface area contributed by atoms with Crippen molar-refractivity contribution in [2.45, 2.75) is 19.8 Å². The van der Waals surface area contributed by atoms with Crippen LogP contribution in [0.15, 0.2) is 27.1 Å². The number of aryl methyl sites for hydroxylation is 1. The van der Waals surface area contributed by atoms with Crippen LogP contribution < -0.4 is 0 Å². The van der Waals surface area contributed by atoms with E-state index >= 15 is 0 Å². The highest BCUT2D eigenvalue weighted by molar-refractivity contribution is 9.10. The normalized spacial score (nSPS) is 10.6. The quantitative estimate of drug-likeness (QED) is 0.789. The lowest BCUT2D eigenvalue weighted by atomic mass is 10.2. The summed E-state index contributed by atoms with van der Waals surface area (Å²) < 4.78 is 24.5. The van der Waals surface area contributed by atoms with E-state index in [2.05, 4.69) is 25.7 Å². The van der Waals surface area contributed by atoms with Crippen molar-refractivity contribution in [1.29, 1.82) is 0 Å². The average molecular weight is 342 g/mol. The molecule has 0 fully saturated rings. The number of ether oxygens (including phenoxy) is 1. The SMILES string of the molecule is CCCc1nc(-c2c(F)cccc2Br)oc1C(=O)OC. The first-order chi connectivity index (χ1) is 9.58. The summed E-state index contributed by atoms with van der Waals surface area (Å²) in [4.78, 5) is 15.9. The lowest BCUT2D eigenvalue weighted by Gasteiger charge is -2.00. The van der Waals surface area contributed by atoms with Gasteiger partial charge in [0.2, 0.25) is 11.7 Å². The zero-order valence-corrected chi connectivity index (χ0v) is 12.7. The van der Waals surface area contributed by atoms with Crippen molar-refractivity contribution in [3.63, 3.8) is 0 Å². The van der Waals surface area contributed by atoms with Gasteiger partial charge in [-0.05, 0) is 34.5 Å². The van der Waals surface area contributed by atoms with Crippen molar-refractivity contribution in [2.75, 3.05) is 7.11 Å². The van der Waals surface area contributed by atoms with Gasteiger partial charge < -0.3 is 9.15 Å². The van der Waals surface area contributed by atoms with E-state index in [0.717, 1.165) is 6.42 Å². The molecule has 0 aliphatic rings. The second-order valence-electron chi connectivity index (χ2n) is 4.13. The Morgan fingerprint density at radius 3 is 2.85 bits per heavy atom. The smallest absolute Gasteiger partial charge is 0.376 e. The molecular formula is C14H13BrFNO3. The van der Waals surface area contributed by atoms with E-state index in [0.29, 0.717) is 16.6 Å². The predicted molar refractivity (Wildman–Crippen MR) is 74.9 cm³/mol. The molecule has 0 saturated heterocycles. The molecule has 0 unspecified atom stereocenters. The van der Waals surface area contributed by atoms with Crippen LogP contribution in [0.4, 0.5) is 4.39 Å². The third-order valence-electron chi connectivity index (χ3n) is 2.73. The van der Waals surface area contributed by atoms with Crippen LogP contribution in [0.1, 0.15) is 29.6 Å². The second kappa shape index (κ2) is 6.17. The van der Waals surface area contributed by atoms with Crippen LogP contribution in [0, 0.1) is 5.82 Å². The number of hydrogen-bond acceptors (Lipinski definition) is 4. The number of carbonyl (C=O) groups is 1. The van der Waals surface area contributed by atoms with Crippen molar-refractivity contribution in [3.8, 4) is 11.5 Å². The molecule has 2 aromatic rings. The summed E-state index contributed by atoms with van der Waals surface area (Å²) in [6.07, 6.45) is 1.34. The molecule has 0 radical (unpaired) electrons. The Morgan fingerprint density at radius 2 is 2.25 bits per heavy atom. The summed E-state index contributed by atoms with van der Waals surface area (Å²) in [6.45, 7) is 1.95. The molecule has 1 aromatic heterocycles. The van der Waals surface area contributed by atoms with Gasteiger partial charge in [-0.2, -0.15) is 0 Å². The molecule has 0 amide bonds. The fourth-order valence-corrected chi connectivity index (χ4v) is 2.33. The van der Waals surface area contributed by atoms with Gasteiger partial charge in [0.15, 0.2) is 0 Å². The Kier molecular flexibility index (Phi) is 4.54. The zero-order chi connectivity index (χ0) is 14.7. The zero-order valence-electron chi connectivity index (χ0n) is 11.1. The molecule has 20 heavy (non-hydrogen) atoms. The average Bonchev–Trinajstić information content (AvgIpc) is 2.82. The van der Waals surface area contributed by atoms with Crippen LogP contribution >= 0.6 is 15.9 Å². The maximum Gasteiger partial charge on any atom is 0.376 e. The van der Waals surface area contributed by atoms with Crippen LogP contribution in [0.2, 0.25) is 0 Å². The summed E-state index contributed by atoms with van der Waals surface area (Å²) in [6, 6.07) is 4.56. The maximum atomic E-state index is 13.9. The molecule has 0 saturated carbocycles. The van der Waals surface area contributed by atoms with Gasteiger partial charge >= 0.3 is 5.97 Å². The van der Waals surface area contributed by atoms with E-state index in [1.165, 1.54) is 13.2 Å².